The highest BCUT2D eigenvalue weighted by molar-refractivity contribution is 8.00. The van der Waals surface area contributed by atoms with E-state index in [1.54, 1.807) is 22.8 Å². The fourth-order valence-electron chi connectivity index (χ4n) is 3.11. The van der Waals surface area contributed by atoms with Crippen LogP contribution in [0.1, 0.15) is 11.1 Å². The molecule has 9 heteroatoms. The first-order chi connectivity index (χ1) is 12.3. The van der Waals surface area contributed by atoms with Crippen molar-refractivity contribution in [1.82, 2.24) is 14.1 Å². The molecule has 2 aliphatic heterocycles. The van der Waals surface area contributed by atoms with Crippen molar-refractivity contribution in [3.63, 3.8) is 0 Å². The van der Waals surface area contributed by atoms with Gasteiger partial charge in [0.1, 0.15) is 6.54 Å². The van der Waals surface area contributed by atoms with E-state index >= 15 is 0 Å². The van der Waals surface area contributed by atoms with Crippen LogP contribution in [0.15, 0.2) is 23.1 Å². The monoisotopic (exact) mass is 397 g/mol. The summed E-state index contributed by atoms with van der Waals surface area (Å²) in [6, 6.07) is 5.40. The van der Waals surface area contributed by atoms with Gasteiger partial charge in [-0.2, -0.15) is 4.31 Å². The molecule has 2 aliphatic rings. The molecule has 0 aromatic heterocycles. The molecular formula is C17H23N3O4S2. The second-order valence-corrected chi connectivity index (χ2v) is 9.48. The Morgan fingerprint density at radius 1 is 1.15 bits per heavy atom. The minimum atomic E-state index is -3.57. The number of thioether (sulfide) groups is 1. The molecule has 2 amide bonds. The van der Waals surface area contributed by atoms with Crippen LogP contribution in [0, 0.1) is 13.8 Å². The molecule has 142 valence electrons. The topological polar surface area (TPSA) is 78.0 Å². The van der Waals surface area contributed by atoms with Gasteiger partial charge in [0.15, 0.2) is 0 Å². The summed E-state index contributed by atoms with van der Waals surface area (Å²) < 4.78 is 27.3. The quantitative estimate of drug-likeness (QED) is 0.746. The number of benzene rings is 1. The highest BCUT2D eigenvalue weighted by Gasteiger charge is 2.32. The molecule has 0 bridgehead atoms. The lowest BCUT2D eigenvalue weighted by molar-refractivity contribution is -0.138. The van der Waals surface area contributed by atoms with Crippen molar-refractivity contribution in [2.75, 3.05) is 44.4 Å². The van der Waals surface area contributed by atoms with Crippen molar-refractivity contribution < 1.29 is 18.0 Å². The summed E-state index contributed by atoms with van der Waals surface area (Å²) in [4.78, 5) is 27.5. The normalized spacial score (nSPS) is 19.2. The van der Waals surface area contributed by atoms with E-state index in [-0.39, 0.29) is 31.4 Å². The number of aryl methyl sites for hydroxylation is 2. The van der Waals surface area contributed by atoms with Gasteiger partial charge in [-0.3, -0.25) is 9.59 Å². The maximum atomic E-state index is 12.9. The van der Waals surface area contributed by atoms with Crippen molar-refractivity contribution in [3.8, 4) is 0 Å². The van der Waals surface area contributed by atoms with Crippen LogP contribution in [0.4, 0.5) is 0 Å². The summed E-state index contributed by atoms with van der Waals surface area (Å²) in [5.74, 6) is 0.838. The maximum Gasteiger partial charge on any atom is 0.243 e. The van der Waals surface area contributed by atoms with E-state index < -0.39 is 10.0 Å². The van der Waals surface area contributed by atoms with E-state index in [1.165, 1.54) is 16.1 Å². The zero-order valence-electron chi connectivity index (χ0n) is 15.0. The summed E-state index contributed by atoms with van der Waals surface area (Å²) in [6.45, 7) is 4.96. The van der Waals surface area contributed by atoms with Gasteiger partial charge in [0.2, 0.25) is 21.8 Å². The largest absolute Gasteiger partial charge is 0.339 e. The van der Waals surface area contributed by atoms with Crippen LogP contribution in [0.25, 0.3) is 0 Å². The van der Waals surface area contributed by atoms with Crippen molar-refractivity contribution in [2.45, 2.75) is 18.7 Å². The van der Waals surface area contributed by atoms with E-state index in [1.807, 2.05) is 19.1 Å². The number of hydrogen-bond acceptors (Lipinski definition) is 5. The Bertz CT molecular complexity index is 817. The SMILES string of the molecule is Cc1ccc(C)c(S(=O)(=O)N2CCN(C(=O)CN3CSCC3=O)CC2)c1. The van der Waals surface area contributed by atoms with Crippen molar-refractivity contribution >= 4 is 33.6 Å². The van der Waals surface area contributed by atoms with Crippen LogP contribution >= 0.6 is 11.8 Å². The average Bonchev–Trinajstić information content (AvgIpc) is 3.02. The van der Waals surface area contributed by atoms with E-state index in [2.05, 4.69) is 0 Å². The first kappa shape index (κ1) is 19.2. The van der Waals surface area contributed by atoms with Crippen molar-refractivity contribution in [3.05, 3.63) is 29.3 Å². The standard InChI is InChI=1S/C17H23N3O4S2/c1-13-3-4-14(2)15(9-13)26(23,24)20-7-5-18(6-8-20)16(21)10-19-12-25-11-17(19)22/h3-4,9H,5-8,10-12H2,1-2H3. The van der Waals surface area contributed by atoms with Crippen LogP contribution in [-0.4, -0.2) is 78.7 Å². The summed E-state index contributed by atoms with van der Waals surface area (Å²) in [7, 11) is -3.57. The number of carbonyl (C=O) groups is 2. The molecule has 7 nitrogen and oxygen atoms in total. The Morgan fingerprint density at radius 3 is 2.46 bits per heavy atom. The van der Waals surface area contributed by atoms with Gasteiger partial charge in [-0.1, -0.05) is 12.1 Å². The summed E-state index contributed by atoms with van der Waals surface area (Å²) >= 11 is 1.50. The fourth-order valence-corrected chi connectivity index (χ4v) is 5.74. The highest BCUT2D eigenvalue weighted by Crippen LogP contribution is 2.22. The lowest BCUT2D eigenvalue weighted by Gasteiger charge is -2.35. The van der Waals surface area contributed by atoms with Gasteiger partial charge in [0.05, 0.1) is 16.5 Å². The lowest BCUT2D eigenvalue weighted by atomic mass is 10.2. The molecule has 0 unspecified atom stereocenters. The predicted molar refractivity (Wildman–Crippen MR) is 100 cm³/mol. The molecule has 0 radical (unpaired) electrons. The Hall–Kier alpha value is -1.58. The Morgan fingerprint density at radius 2 is 1.85 bits per heavy atom. The van der Waals surface area contributed by atoms with E-state index in [4.69, 9.17) is 0 Å². The smallest absolute Gasteiger partial charge is 0.243 e. The molecule has 0 atom stereocenters. The summed E-state index contributed by atoms with van der Waals surface area (Å²) in [6.07, 6.45) is 0. The summed E-state index contributed by atoms with van der Waals surface area (Å²) in [5, 5.41) is 0. The lowest BCUT2D eigenvalue weighted by Crippen LogP contribution is -2.52. The Labute approximate surface area is 158 Å². The van der Waals surface area contributed by atoms with Crippen LogP contribution in [-0.2, 0) is 19.6 Å². The fraction of sp³-hybridized carbons (Fsp3) is 0.529. The molecule has 0 saturated carbocycles. The minimum Gasteiger partial charge on any atom is -0.339 e. The third kappa shape index (κ3) is 3.89. The molecule has 0 spiro atoms. The average molecular weight is 398 g/mol. The van der Waals surface area contributed by atoms with Gasteiger partial charge in [-0.25, -0.2) is 8.42 Å². The molecule has 1 aromatic carbocycles. The van der Waals surface area contributed by atoms with Crippen LogP contribution in [0.5, 0.6) is 0 Å². The van der Waals surface area contributed by atoms with Crippen molar-refractivity contribution in [1.29, 1.82) is 0 Å². The van der Waals surface area contributed by atoms with Crippen LogP contribution < -0.4 is 0 Å². The van der Waals surface area contributed by atoms with Gasteiger partial charge in [-0.15, -0.1) is 11.8 Å². The number of piperazine rings is 1. The van der Waals surface area contributed by atoms with E-state index in [0.717, 1.165) is 11.1 Å². The Balaban J connectivity index is 1.63. The van der Waals surface area contributed by atoms with E-state index in [0.29, 0.717) is 29.6 Å². The molecule has 0 N–H and O–H groups in total. The van der Waals surface area contributed by atoms with Crippen LogP contribution in [0.2, 0.25) is 0 Å². The molecule has 2 heterocycles. The number of carbonyl (C=O) groups excluding carboxylic acids is 2. The third-order valence-corrected chi connectivity index (χ3v) is 7.69. The van der Waals surface area contributed by atoms with Gasteiger partial charge < -0.3 is 9.80 Å². The zero-order chi connectivity index (χ0) is 18.9. The molecule has 2 fully saturated rings. The number of sulfonamides is 1. The zero-order valence-corrected chi connectivity index (χ0v) is 16.6. The molecule has 2 saturated heterocycles. The number of nitrogens with zero attached hydrogens (tertiary/aromatic N) is 3. The number of amides is 2. The van der Waals surface area contributed by atoms with Gasteiger partial charge >= 0.3 is 0 Å². The molecular weight excluding hydrogens is 374 g/mol. The first-order valence-corrected chi connectivity index (χ1v) is 11.1. The van der Waals surface area contributed by atoms with Crippen molar-refractivity contribution in [2.24, 2.45) is 0 Å². The van der Waals surface area contributed by atoms with Gasteiger partial charge in [0.25, 0.3) is 0 Å². The second kappa shape index (κ2) is 7.58. The van der Waals surface area contributed by atoms with Crippen LogP contribution in [0.3, 0.4) is 0 Å². The molecule has 0 aliphatic carbocycles. The van der Waals surface area contributed by atoms with Gasteiger partial charge in [0, 0.05) is 26.2 Å². The summed E-state index contributed by atoms with van der Waals surface area (Å²) in [5.41, 5.74) is 1.62. The number of rotatable bonds is 4. The third-order valence-electron chi connectivity index (χ3n) is 4.70. The van der Waals surface area contributed by atoms with Gasteiger partial charge in [-0.05, 0) is 31.0 Å². The highest BCUT2D eigenvalue weighted by atomic mass is 32.2. The molecule has 1 aromatic rings. The first-order valence-electron chi connectivity index (χ1n) is 8.50. The second-order valence-electron chi connectivity index (χ2n) is 6.62. The van der Waals surface area contributed by atoms with E-state index in [9.17, 15) is 18.0 Å². The minimum absolute atomic E-state index is 0.0144. The number of hydrogen-bond donors (Lipinski definition) is 0. The molecule has 3 rings (SSSR count). The maximum absolute atomic E-state index is 12.9. The Kier molecular flexibility index (Phi) is 5.59. The predicted octanol–water partition coefficient (Wildman–Crippen LogP) is 0.669. The molecule has 26 heavy (non-hydrogen) atoms.